The lowest BCUT2D eigenvalue weighted by Crippen LogP contribution is -2.52. The molecule has 1 N–H and O–H groups in total. The van der Waals surface area contributed by atoms with Crippen molar-refractivity contribution in [1.82, 2.24) is 10.2 Å². The zero-order valence-corrected chi connectivity index (χ0v) is 17.7. The number of rotatable bonds is 3. The van der Waals surface area contributed by atoms with Crippen LogP contribution < -0.4 is 5.32 Å². The normalized spacial score (nSPS) is 29.9. The quantitative estimate of drug-likeness (QED) is 0.707. The Kier molecular flexibility index (Phi) is 4.00. The number of nitrogens with zero attached hydrogens (tertiary/aromatic N) is 2. The zero-order chi connectivity index (χ0) is 18.7. The third kappa shape index (κ3) is 2.69. The van der Waals surface area contributed by atoms with Crippen molar-refractivity contribution < 1.29 is 0 Å². The average molecular weight is 370 g/mol. The Hall–Kier alpha value is -1.42. The fourth-order valence-corrected chi connectivity index (χ4v) is 5.96. The topological polar surface area (TPSA) is 37.8 Å². The molecule has 2 aliphatic rings. The van der Waals surface area contributed by atoms with E-state index in [-0.39, 0.29) is 11.0 Å². The van der Waals surface area contributed by atoms with Gasteiger partial charge in [0.25, 0.3) is 0 Å². The Morgan fingerprint density at radius 1 is 1.00 bits per heavy atom. The molecule has 0 spiro atoms. The number of nitrogens with one attached hydrogen (secondary N) is 1. The molecule has 3 unspecified atom stereocenters. The third-order valence-corrected chi connectivity index (χ3v) is 8.29. The first kappa shape index (κ1) is 18.0. The molecule has 2 fully saturated rings. The smallest absolute Gasteiger partial charge is 0.206 e. The Morgan fingerprint density at radius 3 is 2.23 bits per heavy atom. The van der Waals surface area contributed by atoms with Gasteiger partial charge in [-0.05, 0) is 54.4 Å². The van der Waals surface area contributed by atoms with Gasteiger partial charge in [0.05, 0.1) is 0 Å². The maximum atomic E-state index is 4.48. The van der Waals surface area contributed by atoms with Gasteiger partial charge < -0.3 is 5.32 Å². The molecule has 4 heteroatoms. The molecule has 2 aromatic rings. The summed E-state index contributed by atoms with van der Waals surface area (Å²) in [7, 11) is 0. The van der Waals surface area contributed by atoms with Crippen LogP contribution in [-0.2, 0) is 5.41 Å². The highest BCUT2D eigenvalue weighted by Gasteiger charge is 2.60. The second kappa shape index (κ2) is 5.79. The maximum absolute atomic E-state index is 4.48. The molecule has 0 aliphatic heterocycles. The average Bonchev–Trinajstić information content (AvgIpc) is 3.26. The first-order chi connectivity index (χ1) is 12.1. The molecule has 1 aromatic carbocycles. The highest BCUT2D eigenvalue weighted by molar-refractivity contribution is 7.18. The first-order valence-electron chi connectivity index (χ1n) is 9.84. The molecule has 4 rings (SSSR count). The summed E-state index contributed by atoms with van der Waals surface area (Å²) in [6, 6.07) is 8.77. The van der Waals surface area contributed by atoms with E-state index in [0.717, 1.165) is 27.5 Å². The summed E-state index contributed by atoms with van der Waals surface area (Å²) >= 11 is 1.68. The number of anilines is 1. The van der Waals surface area contributed by atoms with Gasteiger partial charge in [-0.1, -0.05) is 70.2 Å². The summed E-state index contributed by atoms with van der Waals surface area (Å²) in [5.41, 5.74) is 3.09. The van der Waals surface area contributed by atoms with E-state index in [1.807, 2.05) is 0 Å². The molecule has 1 heterocycles. The van der Waals surface area contributed by atoms with E-state index in [2.05, 4.69) is 81.3 Å². The van der Waals surface area contributed by atoms with Crippen LogP contribution in [0.4, 0.5) is 5.13 Å². The molecule has 0 radical (unpaired) electrons. The lowest BCUT2D eigenvalue weighted by molar-refractivity contribution is 0.119. The molecule has 26 heavy (non-hydrogen) atoms. The van der Waals surface area contributed by atoms with Crippen LogP contribution in [0.5, 0.6) is 0 Å². The molecule has 1 aromatic heterocycles. The van der Waals surface area contributed by atoms with E-state index in [4.69, 9.17) is 0 Å². The molecule has 3 atom stereocenters. The Morgan fingerprint density at radius 2 is 1.65 bits per heavy atom. The lowest BCUT2D eigenvalue weighted by Gasteiger charge is -2.48. The maximum Gasteiger partial charge on any atom is 0.206 e. The van der Waals surface area contributed by atoms with Crippen LogP contribution in [-0.4, -0.2) is 15.7 Å². The summed E-state index contributed by atoms with van der Waals surface area (Å²) in [4.78, 5) is 0. The van der Waals surface area contributed by atoms with Crippen LogP contribution in [0.1, 0.15) is 66.4 Å². The van der Waals surface area contributed by atoms with Crippen molar-refractivity contribution in [2.24, 2.45) is 17.3 Å². The molecule has 140 valence electrons. The number of hydrogen-bond donors (Lipinski definition) is 1. The van der Waals surface area contributed by atoms with Gasteiger partial charge in [-0.15, -0.1) is 10.2 Å². The molecule has 0 amide bonds. The minimum absolute atomic E-state index is 0.114. The second-order valence-corrected chi connectivity index (χ2v) is 11.0. The van der Waals surface area contributed by atoms with E-state index in [1.54, 1.807) is 11.3 Å². The predicted molar refractivity (Wildman–Crippen MR) is 111 cm³/mol. The summed E-state index contributed by atoms with van der Waals surface area (Å²) in [5, 5.41) is 14.7. The number of aromatic nitrogens is 2. The third-order valence-electron chi connectivity index (χ3n) is 7.40. The van der Waals surface area contributed by atoms with Crippen molar-refractivity contribution in [2.45, 2.75) is 71.8 Å². The predicted octanol–water partition coefficient (Wildman–Crippen LogP) is 6.13. The number of fused-ring (bicyclic) bond motifs is 2. The van der Waals surface area contributed by atoms with Crippen LogP contribution >= 0.6 is 11.3 Å². The summed E-state index contributed by atoms with van der Waals surface area (Å²) in [5.74, 6) is 1.59. The van der Waals surface area contributed by atoms with Crippen molar-refractivity contribution in [3.8, 4) is 10.6 Å². The minimum Gasteiger partial charge on any atom is -0.354 e. The van der Waals surface area contributed by atoms with E-state index in [0.29, 0.717) is 5.41 Å². The molecule has 3 nitrogen and oxygen atoms in total. The van der Waals surface area contributed by atoms with Gasteiger partial charge in [0.1, 0.15) is 5.01 Å². The largest absolute Gasteiger partial charge is 0.354 e. The first-order valence-corrected chi connectivity index (χ1v) is 10.7. The number of benzene rings is 1. The van der Waals surface area contributed by atoms with E-state index in [1.165, 1.54) is 24.8 Å². The Balaban J connectivity index is 1.56. The Bertz CT molecular complexity index is 800. The van der Waals surface area contributed by atoms with E-state index < -0.39 is 0 Å². The molecule has 2 bridgehead atoms. The fraction of sp³-hybridized carbons (Fsp3) is 0.636. The fourth-order valence-electron chi connectivity index (χ4n) is 5.10. The highest BCUT2D eigenvalue weighted by Crippen LogP contribution is 2.62. The van der Waals surface area contributed by atoms with Crippen molar-refractivity contribution in [1.29, 1.82) is 0 Å². The Labute approximate surface area is 161 Å². The van der Waals surface area contributed by atoms with Crippen LogP contribution in [0.2, 0.25) is 0 Å². The van der Waals surface area contributed by atoms with E-state index >= 15 is 0 Å². The van der Waals surface area contributed by atoms with Gasteiger partial charge in [-0.25, -0.2) is 0 Å². The van der Waals surface area contributed by atoms with Crippen LogP contribution in [0.3, 0.4) is 0 Å². The molecular formula is C22H31N3S. The van der Waals surface area contributed by atoms with Crippen LogP contribution in [0.25, 0.3) is 10.6 Å². The van der Waals surface area contributed by atoms with Crippen molar-refractivity contribution in [3.05, 3.63) is 29.8 Å². The lowest BCUT2D eigenvalue weighted by atomic mass is 9.64. The van der Waals surface area contributed by atoms with Crippen molar-refractivity contribution in [2.75, 3.05) is 5.32 Å². The second-order valence-electron chi connectivity index (χ2n) is 10.00. The zero-order valence-electron chi connectivity index (χ0n) is 16.9. The SMILES string of the molecule is CC(C)(C)c1ccc(-c2nnc(NC3(C)C4CCC(C4)C3(C)C)s2)cc1. The van der Waals surface area contributed by atoms with Gasteiger partial charge in [-0.3, -0.25) is 0 Å². The van der Waals surface area contributed by atoms with Crippen LogP contribution in [0.15, 0.2) is 24.3 Å². The minimum atomic E-state index is 0.114. The number of hydrogen-bond acceptors (Lipinski definition) is 4. The molecule has 2 aliphatic carbocycles. The van der Waals surface area contributed by atoms with Gasteiger partial charge >= 0.3 is 0 Å². The van der Waals surface area contributed by atoms with Gasteiger partial charge in [0.2, 0.25) is 5.13 Å². The van der Waals surface area contributed by atoms with Gasteiger partial charge in [0, 0.05) is 11.1 Å². The molecular weight excluding hydrogens is 338 g/mol. The van der Waals surface area contributed by atoms with E-state index in [9.17, 15) is 0 Å². The van der Waals surface area contributed by atoms with Crippen molar-refractivity contribution >= 4 is 16.5 Å². The summed E-state index contributed by atoms with van der Waals surface area (Å²) < 4.78 is 0. The summed E-state index contributed by atoms with van der Waals surface area (Å²) in [6.45, 7) is 14.0. The molecule has 2 saturated carbocycles. The standard InChI is InChI=1S/C22H31N3S/c1-20(2,3)15-9-7-14(8-10-15)18-24-25-19(26-18)23-22(6)17-12-11-16(13-17)21(22,4)5/h7-10,16-17H,11-13H2,1-6H3,(H,23,25). The van der Waals surface area contributed by atoms with Crippen LogP contribution in [0, 0.1) is 17.3 Å². The van der Waals surface area contributed by atoms with Gasteiger partial charge in [0.15, 0.2) is 0 Å². The highest BCUT2D eigenvalue weighted by atomic mass is 32.1. The van der Waals surface area contributed by atoms with Gasteiger partial charge in [-0.2, -0.15) is 0 Å². The summed E-state index contributed by atoms with van der Waals surface area (Å²) in [6.07, 6.45) is 4.09. The molecule has 0 saturated heterocycles. The van der Waals surface area contributed by atoms with Crippen molar-refractivity contribution in [3.63, 3.8) is 0 Å². The monoisotopic (exact) mass is 369 g/mol.